The predicted octanol–water partition coefficient (Wildman–Crippen LogP) is 2.05. The minimum atomic E-state index is -1.000. The summed E-state index contributed by atoms with van der Waals surface area (Å²) in [6.45, 7) is 2.47. The van der Waals surface area contributed by atoms with Crippen LogP contribution >= 0.6 is 0 Å². The van der Waals surface area contributed by atoms with Crippen molar-refractivity contribution in [3.05, 3.63) is 47.6 Å². The lowest BCUT2D eigenvalue weighted by Crippen LogP contribution is -2.03. The summed E-state index contributed by atoms with van der Waals surface area (Å²) in [5, 5.41) is 12.9. The van der Waals surface area contributed by atoms with Gasteiger partial charge in [0.1, 0.15) is 12.4 Å². The summed E-state index contributed by atoms with van der Waals surface area (Å²) in [4.78, 5) is 14.5. The van der Waals surface area contributed by atoms with Gasteiger partial charge in [-0.3, -0.25) is 9.67 Å². The van der Waals surface area contributed by atoms with Crippen LogP contribution in [0.25, 0.3) is 6.08 Å². The molecule has 21 heavy (non-hydrogen) atoms. The predicted molar refractivity (Wildman–Crippen MR) is 77.8 cm³/mol. The number of aromatic nitrogens is 3. The van der Waals surface area contributed by atoms with E-state index >= 15 is 0 Å². The molecule has 110 valence electrons. The molecule has 0 radical (unpaired) electrons. The highest BCUT2D eigenvalue weighted by Gasteiger charge is 2.04. The quantitative estimate of drug-likeness (QED) is 0.823. The minimum Gasteiger partial charge on any atom is -0.486 e. The molecule has 0 spiro atoms. The van der Waals surface area contributed by atoms with Gasteiger partial charge in [0.2, 0.25) is 0 Å². The Labute approximate surface area is 122 Å². The number of pyridine rings is 1. The summed E-state index contributed by atoms with van der Waals surface area (Å²) in [6, 6.07) is 5.47. The number of carboxylic acids is 1. The Morgan fingerprint density at radius 2 is 2.29 bits per heavy atom. The van der Waals surface area contributed by atoms with Crippen molar-refractivity contribution in [2.24, 2.45) is 7.05 Å². The third kappa shape index (κ3) is 4.17. The second-order valence-corrected chi connectivity index (χ2v) is 4.48. The lowest BCUT2D eigenvalue weighted by Gasteiger charge is -2.06. The highest BCUT2D eigenvalue weighted by atomic mass is 16.5. The number of aryl methyl sites for hydroxylation is 2. The van der Waals surface area contributed by atoms with E-state index in [4.69, 9.17) is 9.84 Å². The molecule has 0 aliphatic heterocycles. The van der Waals surface area contributed by atoms with Crippen LogP contribution in [-0.4, -0.2) is 25.8 Å². The van der Waals surface area contributed by atoms with Crippen molar-refractivity contribution >= 4 is 12.0 Å². The Morgan fingerprint density at radius 1 is 1.48 bits per heavy atom. The molecule has 2 aromatic rings. The van der Waals surface area contributed by atoms with Crippen LogP contribution in [0.1, 0.15) is 24.0 Å². The first-order valence-corrected chi connectivity index (χ1v) is 6.60. The van der Waals surface area contributed by atoms with E-state index < -0.39 is 5.97 Å². The van der Waals surface area contributed by atoms with Gasteiger partial charge in [0.15, 0.2) is 0 Å². The molecule has 0 unspecified atom stereocenters. The Hall–Kier alpha value is -2.63. The highest BCUT2D eigenvalue weighted by molar-refractivity contribution is 5.84. The number of rotatable bonds is 6. The highest BCUT2D eigenvalue weighted by Crippen LogP contribution is 2.13. The van der Waals surface area contributed by atoms with Crippen LogP contribution < -0.4 is 4.74 Å². The second-order valence-electron chi connectivity index (χ2n) is 4.48. The van der Waals surface area contributed by atoms with Crippen LogP contribution in [0.2, 0.25) is 0 Å². The zero-order valence-electron chi connectivity index (χ0n) is 12.0. The average Bonchev–Trinajstić information content (AvgIpc) is 2.84. The molecule has 0 saturated heterocycles. The van der Waals surface area contributed by atoms with Gasteiger partial charge >= 0.3 is 5.97 Å². The SMILES string of the molecule is CCc1cc(COc2ccc(C=CC(=O)O)nc2)n(C)n1. The zero-order chi connectivity index (χ0) is 15.2. The van der Waals surface area contributed by atoms with Crippen molar-refractivity contribution < 1.29 is 14.6 Å². The van der Waals surface area contributed by atoms with Crippen LogP contribution in [-0.2, 0) is 24.9 Å². The van der Waals surface area contributed by atoms with E-state index in [1.807, 2.05) is 13.1 Å². The summed E-state index contributed by atoms with van der Waals surface area (Å²) in [5.74, 6) is -0.373. The molecule has 0 bridgehead atoms. The molecule has 0 atom stereocenters. The monoisotopic (exact) mass is 287 g/mol. The van der Waals surface area contributed by atoms with E-state index in [-0.39, 0.29) is 0 Å². The van der Waals surface area contributed by atoms with Crippen LogP contribution in [0.5, 0.6) is 5.75 Å². The zero-order valence-corrected chi connectivity index (χ0v) is 12.0. The standard InChI is InChI=1S/C15H17N3O3/c1-3-11-8-13(18(2)17-11)10-21-14-6-4-12(16-9-14)5-7-15(19)20/h4-9H,3,10H2,1-2H3,(H,19,20). The molecule has 6 nitrogen and oxygen atoms in total. The number of nitrogens with zero attached hydrogens (tertiary/aromatic N) is 3. The number of hydrogen-bond acceptors (Lipinski definition) is 4. The molecule has 0 aliphatic carbocycles. The molecule has 2 aromatic heterocycles. The summed E-state index contributed by atoms with van der Waals surface area (Å²) >= 11 is 0. The van der Waals surface area contributed by atoms with Crippen molar-refractivity contribution in [2.45, 2.75) is 20.0 Å². The van der Waals surface area contributed by atoms with E-state index in [0.29, 0.717) is 18.1 Å². The van der Waals surface area contributed by atoms with E-state index in [2.05, 4.69) is 17.0 Å². The molecule has 0 aromatic carbocycles. The van der Waals surface area contributed by atoms with Gasteiger partial charge in [-0.05, 0) is 30.7 Å². The summed E-state index contributed by atoms with van der Waals surface area (Å²) < 4.78 is 7.45. The van der Waals surface area contributed by atoms with Gasteiger partial charge in [0, 0.05) is 13.1 Å². The third-order valence-corrected chi connectivity index (χ3v) is 2.93. The molecule has 0 fully saturated rings. The van der Waals surface area contributed by atoms with Crippen molar-refractivity contribution in [1.29, 1.82) is 0 Å². The van der Waals surface area contributed by atoms with E-state index in [1.54, 1.807) is 23.0 Å². The molecule has 0 saturated carbocycles. The first kappa shape index (κ1) is 14.8. The fraction of sp³-hybridized carbons (Fsp3) is 0.267. The Morgan fingerprint density at radius 3 is 2.86 bits per heavy atom. The second kappa shape index (κ2) is 6.69. The van der Waals surface area contributed by atoms with Gasteiger partial charge < -0.3 is 9.84 Å². The number of carboxylic acid groups (broad SMARTS) is 1. The molecular weight excluding hydrogens is 270 g/mol. The summed E-state index contributed by atoms with van der Waals surface area (Å²) in [7, 11) is 1.88. The molecule has 1 N–H and O–H groups in total. The van der Waals surface area contributed by atoms with Crippen LogP contribution in [0.4, 0.5) is 0 Å². The third-order valence-electron chi connectivity index (χ3n) is 2.93. The lowest BCUT2D eigenvalue weighted by molar-refractivity contribution is -0.131. The Bertz CT molecular complexity index is 645. The average molecular weight is 287 g/mol. The van der Waals surface area contributed by atoms with Crippen molar-refractivity contribution in [1.82, 2.24) is 14.8 Å². The summed E-state index contributed by atoms with van der Waals surface area (Å²) in [5.41, 5.74) is 2.59. The van der Waals surface area contributed by atoms with Gasteiger partial charge in [-0.25, -0.2) is 4.79 Å². The van der Waals surface area contributed by atoms with Crippen molar-refractivity contribution in [3.8, 4) is 5.75 Å². The topological polar surface area (TPSA) is 77.2 Å². The maximum Gasteiger partial charge on any atom is 0.328 e. The van der Waals surface area contributed by atoms with Gasteiger partial charge in [-0.1, -0.05) is 6.92 Å². The van der Waals surface area contributed by atoms with E-state index in [0.717, 1.165) is 23.9 Å². The number of ether oxygens (including phenoxy) is 1. The van der Waals surface area contributed by atoms with Gasteiger partial charge in [-0.15, -0.1) is 0 Å². The van der Waals surface area contributed by atoms with Gasteiger partial charge in [0.05, 0.1) is 23.3 Å². The van der Waals surface area contributed by atoms with Gasteiger partial charge in [-0.2, -0.15) is 5.10 Å². The normalized spacial score (nSPS) is 11.0. The van der Waals surface area contributed by atoms with Crippen molar-refractivity contribution in [3.63, 3.8) is 0 Å². The molecule has 6 heteroatoms. The molecule has 2 heterocycles. The van der Waals surface area contributed by atoms with Gasteiger partial charge in [0.25, 0.3) is 0 Å². The Kier molecular flexibility index (Phi) is 4.71. The van der Waals surface area contributed by atoms with Crippen LogP contribution in [0.3, 0.4) is 0 Å². The fourth-order valence-electron chi connectivity index (χ4n) is 1.77. The van der Waals surface area contributed by atoms with Crippen molar-refractivity contribution in [2.75, 3.05) is 0 Å². The summed E-state index contributed by atoms with van der Waals surface area (Å²) in [6.07, 6.45) is 4.93. The molecular formula is C15H17N3O3. The maximum absolute atomic E-state index is 10.4. The lowest BCUT2D eigenvalue weighted by atomic mass is 10.3. The first-order chi connectivity index (χ1) is 10.1. The molecule has 0 aliphatic rings. The van der Waals surface area contributed by atoms with E-state index in [9.17, 15) is 4.79 Å². The van der Waals surface area contributed by atoms with Crippen LogP contribution in [0.15, 0.2) is 30.5 Å². The maximum atomic E-state index is 10.4. The first-order valence-electron chi connectivity index (χ1n) is 6.60. The largest absolute Gasteiger partial charge is 0.486 e. The molecule has 2 rings (SSSR count). The fourth-order valence-corrected chi connectivity index (χ4v) is 1.77. The molecule has 0 amide bonds. The van der Waals surface area contributed by atoms with E-state index in [1.165, 1.54) is 6.08 Å². The number of hydrogen-bond donors (Lipinski definition) is 1. The number of aliphatic carboxylic acids is 1. The minimum absolute atomic E-state index is 0.412. The van der Waals surface area contributed by atoms with Crippen LogP contribution in [0, 0.1) is 0 Å². The number of carbonyl (C=O) groups is 1. The smallest absolute Gasteiger partial charge is 0.328 e. The Balaban J connectivity index is 1.97.